The van der Waals surface area contributed by atoms with E-state index in [1.54, 1.807) is 17.4 Å². The minimum atomic E-state index is 0.109. The summed E-state index contributed by atoms with van der Waals surface area (Å²) in [6.07, 6.45) is 13.8. The molecule has 4 heteroatoms. The molecule has 1 aliphatic carbocycles. The molecule has 0 spiro atoms. The van der Waals surface area contributed by atoms with Crippen LogP contribution in [0.1, 0.15) is 77.0 Å². The zero-order valence-electron chi connectivity index (χ0n) is 24.5. The quantitative estimate of drug-likeness (QED) is 0.176. The van der Waals surface area contributed by atoms with Crippen LogP contribution in [0.4, 0.5) is 0 Å². The number of nitrogens with zero attached hydrogens (tertiary/aromatic N) is 1. The van der Waals surface area contributed by atoms with Crippen molar-refractivity contribution < 1.29 is 4.79 Å². The molecule has 3 rings (SSSR count). The van der Waals surface area contributed by atoms with Crippen molar-refractivity contribution in [3.05, 3.63) is 106 Å². The number of thiophene rings is 1. The fraction of sp³-hybridized carbons (Fsp3) is 0.400. The first-order chi connectivity index (χ1) is 18.9. The van der Waals surface area contributed by atoms with Crippen molar-refractivity contribution in [3.8, 4) is 11.8 Å². The van der Waals surface area contributed by atoms with Crippen LogP contribution in [0.3, 0.4) is 0 Å². The minimum Gasteiger partial charge on any atom is -0.331 e. The average Bonchev–Trinajstić information content (AvgIpc) is 3.35. The Labute approximate surface area is 241 Å². The van der Waals surface area contributed by atoms with E-state index in [1.807, 2.05) is 42.7 Å². The third-order valence-electron chi connectivity index (χ3n) is 6.43. The first-order valence-electron chi connectivity index (χ1n) is 14.1. The van der Waals surface area contributed by atoms with E-state index in [0.29, 0.717) is 12.5 Å². The second kappa shape index (κ2) is 18.2. The fourth-order valence-electron chi connectivity index (χ4n) is 4.21. The Morgan fingerprint density at radius 2 is 1.87 bits per heavy atom. The Hall–Kier alpha value is -3.13. The predicted molar refractivity (Wildman–Crippen MR) is 170 cm³/mol. The van der Waals surface area contributed by atoms with E-state index in [-0.39, 0.29) is 11.9 Å². The summed E-state index contributed by atoms with van der Waals surface area (Å²) in [6, 6.07) is 10.5. The van der Waals surface area contributed by atoms with Crippen molar-refractivity contribution in [3.63, 3.8) is 0 Å². The Morgan fingerprint density at radius 3 is 2.56 bits per heavy atom. The zero-order valence-corrected chi connectivity index (χ0v) is 25.3. The lowest BCUT2D eigenvalue weighted by Gasteiger charge is -2.32. The van der Waals surface area contributed by atoms with Gasteiger partial charge in [0.2, 0.25) is 0 Å². The summed E-state index contributed by atoms with van der Waals surface area (Å²) in [7, 11) is 0. The summed E-state index contributed by atoms with van der Waals surface area (Å²) in [4.78, 5) is 15.9. The van der Waals surface area contributed by atoms with Crippen LogP contribution < -0.4 is 5.32 Å². The van der Waals surface area contributed by atoms with Gasteiger partial charge in [-0.05, 0) is 93.8 Å². The normalized spacial score (nSPS) is 13.2. The molecule has 1 aliphatic rings. The minimum absolute atomic E-state index is 0.109. The van der Waals surface area contributed by atoms with Crippen molar-refractivity contribution in [2.45, 2.75) is 72.9 Å². The van der Waals surface area contributed by atoms with Gasteiger partial charge in [-0.25, -0.2) is 0 Å². The third-order valence-corrected chi connectivity index (χ3v) is 7.11. The first kappa shape index (κ1) is 32.1. The summed E-state index contributed by atoms with van der Waals surface area (Å²) in [5, 5.41) is 7.68. The van der Waals surface area contributed by atoms with Crippen LogP contribution in [0, 0.1) is 17.8 Å². The average molecular weight is 543 g/mol. The first-order valence-corrected chi connectivity index (χ1v) is 15.1. The molecule has 3 nitrogen and oxygen atoms in total. The summed E-state index contributed by atoms with van der Waals surface area (Å²) >= 11 is 1.65. The van der Waals surface area contributed by atoms with Crippen molar-refractivity contribution >= 4 is 17.2 Å². The molecule has 1 N–H and O–H groups in total. The van der Waals surface area contributed by atoms with Crippen LogP contribution in [-0.2, 0) is 11.3 Å². The lowest BCUT2D eigenvalue weighted by molar-refractivity contribution is -0.130. The molecule has 1 aromatic carbocycles. The molecule has 1 amide bonds. The van der Waals surface area contributed by atoms with E-state index in [0.717, 1.165) is 54.6 Å². The van der Waals surface area contributed by atoms with Crippen LogP contribution in [0.15, 0.2) is 89.2 Å². The van der Waals surface area contributed by atoms with Gasteiger partial charge in [0.15, 0.2) is 0 Å². The zero-order chi connectivity index (χ0) is 28.5. The Bertz CT molecular complexity index is 1170. The van der Waals surface area contributed by atoms with Crippen molar-refractivity contribution in [1.29, 1.82) is 0 Å². The number of carbonyl (C=O) groups is 1. The van der Waals surface area contributed by atoms with Crippen molar-refractivity contribution in [2.75, 3.05) is 13.1 Å². The van der Waals surface area contributed by atoms with Gasteiger partial charge in [-0.15, -0.1) is 6.58 Å². The molecule has 0 radical (unpaired) electrons. The molecule has 0 bridgehead atoms. The van der Waals surface area contributed by atoms with E-state index in [9.17, 15) is 4.79 Å². The number of amides is 1. The van der Waals surface area contributed by atoms with Gasteiger partial charge in [0.1, 0.15) is 0 Å². The van der Waals surface area contributed by atoms with Crippen LogP contribution in [0.2, 0.25) is 0 Å². The SMILES string of the molecule is C=CC.CCC(CCNCCC(C)C)N(Cc1cccc(C#Cc2ccsc2)c1)C(=O)C1=CCC=C(C)C=C1. The molecule has 0 aliphatic heterocycles. The predicted octanol–water partition coefficient (Wildman–Crippen LogP) is 8.31. The number of nitrogens with one attached hydrogen (secondary N) is 1. The molecule has 1 unspecified atom stereocenters. The number of allylic oxidation sites excluding steroid dienone is 5. The smallest absolute Gasteiger partial charge is 0.254 e. The Morgan fingerprint density at radius 1 is 1.13 bits per heavy atom. The van der Waals surface area contributed by atoms with Gasteiger partial charge in [0, 0.05) is 34.7 Å². The van der Waals surface area contributed by atoms with E-state index < -0.39 is 0 Å². The van der Waals surface area contributed by atoms with Crippen LogP contribution in [0.5, 0.6) is 0 Å². The van der Waals surface area contributed by atoms with E-state index >= 15 is 0 Å². The lowest BCUT2D eigenvalue weighted by Crippen LogP contribution is -2.41. The van der Waals surface area contributed by atoms with E-state index in [1.165, 1.54) is 12.0 Å². The standard InChI is InChI=1S/C32H40N2OS.C3H6/c1-5-31(17-20-33-19-16-25(2)3)34(32(35)30-11-6-8-26(4)12-15-30)23-29-10-7-9-27(22-29)13-14-28-18-21-36-24-28;1-3-2/h7-12,15,18,21-22,24-25,31,33H,5-6,16-17,19-20,23H2,1-4H3;3H,1H2,2H3. The van der Waals surface area contributed by atoms with Gasteiger partial charge in [-0.1, -0.05) is 74.6 Å². The highest BCUT2D eigenvalue weighted by Gasteiger charge is 2.24. The highest BCUT2D eigenvalue weighted by molar-refractivity contribution is 7.08. The van der Waals surface area contributed by atoms with Crippen molar-refractivity contribution in [2.24, 2.45) is 5.92 Å². The van der Waals surface area contributed by atoms with Gasteiger partial charge in [0.05, 0.1) is 0 Å². The Kier molecular flexibility index (Phi) is 15.0. The Balaban J connectivity index is 0.00000170. The summed E-state index contributed by atoms with van der Waals surface area (Å²) in [5.41, 5.74) is 5.10. The number of rotatable bonds is 11. The second-order valence-electron chi connectivity index (χ2n) is 10.3. The van der Waals surface area contributed by atoms with Crippen LogP contribution in [-0.4, -0.2) is 29.9 Å². The van der Waals surface area contributed by atoms with Gasteiger partial charge in [0.25, 0.3) is 5.91 Å². The third kappa shape index (κ3) is 12.1. The maximum Gasteiger partial charge on any atom is 0.254 e. The van der Waals surface area contributed by atoms with Gasteiger partial charge in [-0.3, -0.25) is 4.79 Å². The monoisotopic (exact) mass is 542 g/mol. The summed E-state index contributed by atoms with van der Waals surface area (Å²) in [6.45, 7) is 16.5. The number of hydrogen-bond donors (Lipinski definition) is 1. The lowest BCUT2D eigenvalue weighted by atomic mass is 10.0. The van der Waals surface area contributed by atoms with Gasteiger partial charge in [-0.2, -0.15) is 11.3 Å². The fourth-order valence-corrected chi connectivity index (χ4v) is 4.80. The molecule has 2 aromatic rings. The highest BCUT2D eigenvalue weighted by Crippen LogP contribution is 2.21. The van der Waals surface area contributed by atoms with Crippen LogP contribution in [0.25, 0.3) is 0 Å². The number of benzene rings is 1. The molecule has 1 aromatic heterocycles. The number of carbonyl (C=O) groups excluding carboxylic acids is 1. The van der Waals surface area contributed by atoms with Crippen LogP contribution >= 0.6 is 11.3 Å². The topological polar surface area (TPSA) is 32.3 Å². The molecule has 0 saturated heterocycles. The second-order valence-corrected chi connectivity index (χ2v) is 11.0. The summed E-state index contributed by atoms with van der Waals surface area (Å²) < 4.78 is 0. The van der Waals surface area contributed by atoms with E-state index in [2.05, 4.69) is 86.0 Å². The molecular formula is C35H46N2OS. The van der Waals surface area contributed by atoms with E-state index in [4.69, 9.17) is 0 Å². The summed E-state index contributed by atoms with van der Waals surface area (Å²) in [5.74, 6) is 7.32. The largest absolute Gasteiger partial charge is 0.331 e. The van der Waals surface area contributed by atoms with Crippen molar-refractivity contribution in [1.82, 2.24) is 10.2 Å². The molecular weight excluding hydrogens is 496 g/mol. The maximum absolute atomic E-state index is 13.8. The number of hydrogen-bond acceptors (Lipinski definition) is 3. The van der Waals surface area contributed by atoms with Gasteiger partial charge < -0.3 is 10.2 Å². The van der Waals surface area contributed by atoms with Gasteiger partial charge >= 0.3 is 0 Å². The highest BCUT2D eigenvalue weighted by atomic mass is 32.1. The molecule has 0 saturated carbocycles. The molecule has 39 heavy (non-hydrogen) atoms. The molecule has 1 heterocycles. The maximum atomic E-state index is 13.8. The molecule has 0 fully saturated rings. The molecule has 1 atom stereocenters. The molecule has 208 valence electrons.